The molecule has 0 aliphatic rings. The van der Waals surface area contributed by atoms with E-state index in [2.05, 4.69) is 6.92 Å². The average Bonchev–Trinajstić information content (AvgIpc) is 2.43. The maximum atomic E-state index is 9.28. The summed E-state index contributed by atoms with van der Waals surface area (Å²) in [4.78, 5) is 0. The molecule has 0 spiro atoms. The summed E-state index contributed by atoms with van der Waals surface area (Å²) in [6.45, 7) is 2.65. The van der Waals surface area contributed by atoms with Crippen LogP contribution in [0.25, 0.3) is 10.8 Å². The highest BCUT2D eigenvalue weighted by atomic mass is 16.5. The molecule has 2 aromatic carbocycles. The van der Waals surface area contributed by atoms with Gasteiger partial charge >= 0.3 is 0 Å². The van der Waals surface area contributed by atoms with Gasteiger partial charge in [-0.3, -0.25) is 0 Å². The van der Waals surface area contributed by atoms with E-state index in [1.54, 1.807) is 0 Å². The Morgan fingerprint density at radius 2 is 1.61 bits per heavy atom. The highest BCUT2D eigenvalue weighted by molar-refractivity contribution is 5.85. The van der Waals surface area contributed by atoms with E-state index >= 15 is 0 Å². The van der Waals surface area contributed by atoms with Crippen molar-refractivity contribution >= 4 is 10.8 Å². The predicted octanol–water partition coefficient (Wildman–Crippen LogP) is 2.61. The summed E-state index contributed by atoms with van der Waals surface area (Å²) in [6.07, 6.45) is 0.976. The van der Waals surface area contributed by atoms with E-state index < -0.39 is 0 Å². The van der Waals surface area contributed by atoms with Gasteiger partial charge in [0, 0.05) is 0 Å². The Morgan fingerprint density at radius 3 is 2.22 bits per heavy atom. The van der Waals surface area contributed by atoms with Crippen LogP contribution in [0.5, 0.6) is 5.75 Å². The maximum Gasteiger partial charge on any atom is 0.119 e. The van der Waals surface area contributed by atoms with Gasteiger partial charge in [-0.2, -0.15) is 0 Å². The highest BCUT2D eigenvalue weighted by Gasteiger charge is 2.04. The fourth-order valence-corrected chi connectivity index (χ4v) is 1.97. The molecule has 2 N–H and O–H groups in total. The lowest BCUT2D eigenvalue weighted by Gasteiger charge is -2.10. The van der Waals surface area contributed by atoms with E-state index in [1.807, 2.05) is 30.3 Å². The Balaban J connectivity index is 2.42. The number of rotatable bonds is 5. The van der Waals surface area contributed by atoms with E-state index in [0.29, 0.717) is 6.61 Å². The summed E-state index contributed by atoms with van der Waals surface area (Å²) in [6, 6.07) is 9.67. The molecule has 0 atom stereocenters. The number of benzene rings is 2. The van der Waals surface area contributed by atoms with Crippen LogP contribution < -0.4 is 4.74 Å². The number of aliphatic hydroxyl groups is 2. The van der Waals surface area contributed by atoms with Crippen molar-refractivity contribution in [3.05, 3.63) is 41.5 Å². The third kappa shape index (κ3) is 2.63. The van der Waals surface area contributed by atoms with E-state index in [-0.39, 0.29) is 13.2 Å². The molecule has 96 valence electrons. The first-order valence-electron chi connectivity index (χ1n) is 6.18. The van der Waals surface area contributed by atoms with E-state index in [0.717, 1.165) is 34.1 Å². The first-order valence-corrected chi connectivity index (χ1v) is 6.18. The van der Waals surface area contributed by atoms with Gasteiger partial charge in [-0.1, -0.05) is 13.0 Å². The molecule has 0 radical (unpaired) electrons. The zero-order valence-corrected chi connectivity index (χ0v) is 10.5. The molecule has 3 nitrogen and oxygen atoms in total. The molecule has 0 heterocycles. The van der Waals surface area contributed by atoms with Crippen molar-refractivity contribution in [2.24, 2.45) is 0 Å². The van der Waals surface area contributed by atoms with Crippen molar-refractivity contribution in [2.45, 2.75) is 26.6 Å². The van der Waals surface area contributed by atoms with Gasteiger partial charge in [-0.15, -0.1) is 0 Å². The van der Waals surface area contributed by atoms with Crippen LogP contribution in [-0.2, 0) is 13.2 Å². The van der Waals surface area contributed by atoms with E-state index in [4.69, 9.17) is 4.74 Å². The summed E-state index contributed by atoms with van der Waals surface area (Å²) in [7, 11) is 0. The van der Waals surface area contributed by atoms with Crippen LogP contribution in [0.2, 0.25) is 0 Å². The summed E-state index contributed by atoms with van der Waals surface area (Å²) in [5.74, 6) is 0.838. The number of fused-ring (bicyclic) bond motifs is 1. The van der Waals surface area contributed by atoms with Crippen molar-refractivity contribution in [1.29, 1.82) is 0 Å². The molecule has 2 aromatic rings. The van der Waals surface area contributed by atoms with Gasteiger partial charge in [0.2, 0.25) is 0 Å². The van der Waals surface area contributed by atoms with Gasteiger partial charge in [-0.25, -0.2) is 0 Å². The standard InChI is InChI=1S/C15H18O3/c1-2-5-18-15-4-3-11-6-13(9-16)14(10-17)7-12(11)8-15/h3-4,6-8,16-17H,2,5,9-10H2,1H3. The van der Waals surface area contributed by atoms with Crippen molar-refractivity contribution in [2.75, 3.05) is 6.61 Å². The van der Waals surface area contributed by atoms with Gasteiger partial charge in [-0.05, 0) is 52.6 Å². The molecular formula is C15H18O3. The van der Waals surface area contributed by atoms with Gasteiger partial charge in [0.1, 0.15) is 5.75 Å². The van der Waals surface area contributed by atoms with Crippen molar-refractivity contribution in [1.82, 2.24) is 0 Å². The molecule has 2 rings (SSSR count). The average molecular weight is 246 g/mol. The minimum atomic E-state index is -0.0636. The number of ether oxygens (including phenoxy) is 1. The Kier molecular flexibility index (Phi) is 4.18. The number of hydrogen-bond acceptors (Lipinski definition) is 3. The van der Waals surface area contributed by atoms with Gasteiger partial charge in [0.15, 0.2) is 0 Å². The molecule has 0 unspecified atom stereocenters. The second-order valence-electron chi connectivity index (χ2n) is 4.29. The van der Waals surface area contributed by atoms with Crippen LogP contribution in [0.3, 0.4) is 0 Å². The normalized spacial score (nSPS) is 10.8. The predicted molar refractivity (Wildman–Crippen MR) is 71.6 cm³/mol. The molecule has 3 heteroatoms. The highest BCUT2D eigenvalue weighted by Crippen LogP contribution is 2.25. The molecule has 0 aliphatic carbocycles. The monoisotopic (exact) mass is 246 g/mol. The molecular weight excluding hydrogens is 228 g/mol. The summed E-state index contributed by atoms with van der Waals surface area (Å²) in [5, 5.41) is 20.6. The van der Waals surface area contributed by atoms with Crippen LogP contribution in [0, 0.1) is 0 Å². The Hall–Kier alpha value is -1.58. The van der Waals surface area contributed by atoms with Crippen LogP contribution >= 0.6 is 0 Å². The Morgan fingerprint density at radius 1 is 0.944 bits per heavy atom. The third-order valence-corrected chi connectivity index (χ3v) is 2.94. The topological polar surface area (TPSA) is 49.7 Å². The van der Waals surface area contributed by atoms with Crippen molar-refractivity contribution in [3.63, 3.8) is 0 Å². The summed E-state index contributed by atoms with van der Waals surface area (Å²) >= 11 is 0. The second kappa shape index (κ2) is 5.85. The molecule has 0 bridgehead atoms. The summed E-state index contributed by atoms with van der Waals surface area (Å²) < 4.78 is 5.58. The minimum absolute atomic E-state index is 0.0556. The summed E-state index contributed by atoms with van der Waals surface area (Å²) in [5.41, 5.74) is 1.53. The number of aliphatic hydroxyl groups excluding tert-OH is 2. The van der Waals surface area contributed by atoms with Gasteiger partial charge in [0.05, 0.1) is 19.8 Å². The van der Waals surface area contributed by atoms with Crippen LogP contribution in [0.1, 0.15) is 24.5 Å². The zero-order chi connectivity index (χ0) is 13.0. The van der Waals surface area contributed by atoms with E-state index in [9.17, 15) is 10.2 Å². The van der Waals surface area contributed by atoms with Crippen LogP contribution in [0.15, 0.2) is 30.3 Å². The molecule has 0 saturated carbocycles. The van der Waals surface area contributed by atoms with E-state index in [1.165, 1.54) is 0 Å². The quantitative estimate of drug-likeness (QED) is 0.852. The SMILES string of the molecule is CCCOc1ccc2cc(CO)c(CO)cc2c1. The Labute approximate surface area is 107 Å². The fraction of sp³-hybridized carbons (Fsp3) is 0.333. The molecule has 18 heavy (non-hydrogen) atoms. The van der Waals surface area contributed by atoms with Crippen molar-refractivity contribution < 1.29 is 14.9 Å². The largest absolute Gasteiger partial charge is 0.494 e. The van der Waals surface area contributed by atoms with Gasteiger partial charge < -0.3 is 14.9 Å². The molecule has 0 amide bonds. The lowest BCUT2D eigenvalue weighted by molar-refractivity contribution is 0.260. The maximum absolute atomic E-state index is 9.28. The first-order chi connectivity index (χ1) is 8.78. The van der Waals surface area contributed by atoms with Crippen molar-refractivity contribution in [3.8, 4) is 5.75 Å². The fourth-order valence-electron chi connectivity index (χ4n) is 1.97. The number of hydrogen-bond donors (Lipinski definition) is 2. The van der Waals surface area contributed by atoms with Gasteiger partial charge in [0.25, 0.3) is 0 Å². The molecule has 0 saturated heterocycles. The van der Waals surface area contributed by atoms with Crippen LogP contribution in [-0.4, -0.2) is 16.8 Å². The smallest absolute Gasteiger partial charge is 0.119 e. The molecule has 0 fully saturated rings. The lowest BCUT2D eigenvalue weighted by Crippen LogP contribution is -1.96. The third-order valence-electron chi connectivity index (χ3n) is 2.94. The zero-order valence-electron chi connectivity index (χ0n) is 10.5. The second-order valence-corrected chi connectivity index (χ2v) is 4.29. The lowest BCUT2D eigenvalue weighted by atomic mass is 10.0. The Bertz CT molecular complexity index is 534. The first kappa shape index (κ1) is 12.9. The van der Waals surface area contributed by atoms with Crippen LogP contribution in [0.4, 0.5) is 0 Å². The molecule has 0 aromatic heterocycles. The minimum Gasteiger partial charge on any atom is -0.494 e. The molecule has 0 aliphatic heterocycles.